The van der Waals surface area contributed by atoms with Gasteiger partial charge < -0.3 is 10.3 Å². The van der Waals surface area contributed by atoms with E-state index in [1.54, 1.807) is 6.07 Å². The van der Waals surface area contributed by atoms with E-state index in [1.165, 1.54) is 22.5 Å². The first-order chi connectivity index (χ1) is 14.3. The zero-order chi connectivity index (χ0) is 21.5. The highest BCUT2D eigenvalue weighted by Crippen LogP contribution is 2.38. The Bertz CT molecular complexity index is 1290. The average Bonchev–Trinajstić information content (AvgIpc) is 3.05. The molecule has 0 aliphatic carbocycles. The molecule has 9 heteroatoms. The van der Waals surface area contributed by atoms with Crippen molar-refractivity contribution in [1.82, 2.24) is 8.87 Å². The van der Waals surface area contributed by atoms with Gasteiger partial charge in [0.2, 0.25) is 10.0 Å². The molecule has 0 radical (unpaired) electrons. The number of primary amides is 1. The number of hydrogen-bond donors (Lipinski definition) is 1. The van der Waals surface area contributed by atoms with Crippen molar-refractivity contribution in [1.29, 1.82) is 0 Å². The third kappa shape index (κ3) is 3.27. The summed E-state index contributed by atoms with van der Waals surface area (Å²) in [5, 5.41) is 0.220. The summed E-state index contributed by atoms with van der Waals surface area (Å²) in [7, 11) is -3.87. The first-order valence-corrected chi connectivity index (χ1v) is 10.9. The Morgan fingerprint density at radius 1 is 1.10 bits per heavy atom. The maximum atomic E-state index is 13.2. The summed E-state index contributed by atoms with van der Waals surface area (Å²) in [5.41, 5.74) is 7.89. The van der Waals surface area contributed by atoms with Crippen LogP contribution in [-0.2, 0) is 23.1 Å². The molecule has 1 aliphatic rings. The summed E-state index contributed by atoms with van der Waals surface area (Å²) in [4.78, 5) is 15.5. The number of rotatable bonds is 4. The van der Waals surface area contributed by atoms with Crippen LogP contribution in [0.15, 0.2) is 59.5 Å². The molecule has 4 rings (SSSR count). The second-order valence-electron chi connectivity index (χ2n) is 6.81. The Morgan fingerprint density at radius 2 is 1.83 bits per heavy atom. The summed E-state index contributed by atoms with van der Waals surface area (Å²) in [6.45, 7) is 7.58. The summed E-state index contributed by atoms with van der Waals surface area (Å²) < 4.78 is 29.5. The SMILES string of the molecule is [C-]#[N+]c1cccc(S(=O)(=O)N2CCn3c(c(C(N)=O)c(Cl)c3-c3ccccc3)C2)c1. The Balaban J connectivity index is 1.81. The molecule has 1 aromatic heterocycles. The van der Waals surface area contributed by atoms with Gasteiger partial charge in [0.05, 0.1) is 34.3 Å². The van der Waals surface area contributed by atoms with Crippen molar-refractivity contribution in [3.63, 3.8) is 0 Å². The summed E-state index contributed by atoms with van der Waals surface area (Å²) in [6.07, 6.45) is 0. The van der Waals surface area contributed by atoms with Gasteiger partial charge >= 0.3 is 0 Å². The topological polar surface area (TPSA) is 89.8 Å². The average molecular weight is 441 g/mol. The van der Waals surface area contributed by atoms with Gasteiger partial charge in [0, 0.05) is 18.8 Å². The lowest BCUT2D eigenvalue weighted by Crippen LogP contribution is -2.39. The number of carbonyl (C=O) groups is 1. The number of amides is 1. The Hall–Kier alpha value is -3.12. The highest BCUT2D eigenvalue weighted by atomic mass is 35.5. The predicted octanol–water partition coefficient (Wildman–Crippen LogP) is 3.66. The van der Waals surface area contributed by atoms with Gasteiger partial charge in [-0.1, -0.05) is 54.1 Å². The molecule has 152 valence electrons. The second-order valence-corrected chi connectivity index (χ2v) is 9.13. The van der Waals surface area contributed by atoms with Crippen LogP contribution in [0.5, 0.6) is 0 Å². The fourth-order valence-electron chi connectivity index (χ4n) is 3.70. The van der Waals surface area contributed by atoms with E-state index in [2.05, 4.69) is 4.85 Å². The molecule has 7 nitrogen and oxygen atoms in total. The van der Waals surface area contributed by atoms with Crippen LogP contribution in [0.4, 0.5) is 5.69 Å². The molecule has 0 bridgehead atoms. The number of aromatic nitrogens is 1. The molecular weight excluding hydrogens is 424 g/mol. The fraction of sp³-hybridized carbons (Fsp3) is 0.143. The van der Waals surface area contributed by atoms with Gasteiger partial charge in [-0.2, -0.15) is 4.31 Å². The molecule has 1 aliphatic heterocycles. The molecule has 2 heterocycles. The van der Waals surface area contributed by atoms with Gasteiger partial charge in [0.25, 0.3) is 5.91 Å². The van der Waals surface area contributed by atoms with Crippen molar-refractivity contribution < 1.29 is 13.2 Å². The zero-order valence-corrected chi connectivity index (χ0v) is 17.3. The molecule has 30 heavy (non-hydrogen) atoms. The quantitative estimate of drug-likeness (QED) is 0.628. The van der Waals surface area contributed by atoms with Gasteiger partial charge in [-0.15, -0.1) is 0 Å². The Kier molecular flexibility index (Phi) is 5.12. The maximum Gasteiger partial charge on any atom is 0.252 e. The van der Waals surface area contributed by atoms with E-state index in [9.17, 15) is 13.2 Å². The zero-order valence-electron chi connectivity index (χ0n) is 15.7. The van der Waals surface area contributed by atoms with Gasteiger partial charge in [-0.05, 0) is 17.7 Å². The number of carbonyl (C=O) groups excluding carboxylic acids is 1. The lowest BCUT2D eigenvalue weighted by molar-refractivity contribution is 0.0998. The molecular formula is C21H17ClN4O3S. The summed E-state index contributed by atoms with van der Waals surface area (Å²) in [6, 6.07) is 15.2. The normalized spacial score (nSPS) is 14.1. The fourth-order valence-corrected chi connectivity index (χ4v) is 5.54. The van der Waals surface area contributed by atoms with Gasteiger partial charge in [0.1, 0.15) is 0 Å². The number of hydrogen-bond acceptors (Lipinski definition) is 3. The van der Waals surface area contributed by atoms with Crippen LogP contribution < -0.4 is 5.73 Å². The van der Waals surface area contributed by atoms with E-state index in [-0.39, 0.29) is 34.3 Å². The molecule has 0 saturated heterocycles. The van der Waals surface area contributed by atoms with Crippen LogP contribution in [0, 0.1) is 6.57 Å². The number of fused-ring (bicyclic) bond motifs is 1. The third-order valence-corrected chi connectivity index (χ3v) is 7.30. The van der Waals surface area contributed by atoms with Crippen molar-refractivity contribution in [3.05, 3.63) is 82.3 Å². The molecule has 0 saturated carbocycles. The summed E-state index contributed by atoms with van der Waals surface area (Å²) in [5.74, 6) is -0.708. The van der Waals surface area contributed by atoms with Crippen molar-refractivity contribution in [2.24, 2.45) is 5.73 Å². The number of nitrogens with two attached hydrogens (primary N) is 1. The lowest BCUT2D eigenvalue weighted by atomic mass is 10.1. The largest absolute Gasteiger partial charge is 0.365 e. The standard InChI is InChI=1S/C21H17ClN4O3S/c1-24-15-8-5-9-16(12-15)30(28,29)25-10-11-26-17(13-25)18(21(23)27)19(22)20(26)14-6-3-2-4-7-14/h2-9,12H,10-11,13H2,(H2,23,27). The van der Waals surface area contributed by atoms with Crippen molar-refractivity contribution in [3.8, 4) is 11.3 Å². The van der Waals surface area contributed by atoms with Crippen LogP contribution in [-0.4, -0.2) is 29.7 Å². The minimum Gasteiger partial charge on any atom is -0.365 e. The van der Waals surface area contributed by atoms with Crippen LogP contribution in [0.3, 0.4) is 0 Å². The van der Waals surface area contributed by atoms with Crippen LogP contribution in [0.2, 0.25) is 5.02 Å². The molecule has 2 aromatic carbocycles. The van der Waals surface area contributed by atoms with E-state index in [0.29, 0.717) is 17.9 Å². The smallest absolute Gasteiger partial charge is 0.252 e. The van der Waals surface area contributed by atoms with E-state index in [4.69, 9.17) is 23.9 Å². The number of halogens is 1. The van der Waals surface area contributed by atoms with Crippen LogP contribution >= 0.6 is 11.6 Å². The molecule has 1 amide bonds. The predicted molar refractivity (Wildman–Crippen MR) is 114 cm³/mol. The van der Waals surface area contributed by atoms with Gasteiger partial charge in [-0.3, -0.25) is 4.79 Å². The number of benzene rings is 2. The second kappa shape index (κ2) is 7.61. The van der Waals surface area contributed by atoms with Gasteiger partial charge in [-0.25, -0.2) is 13.3 Å². The monoisotopic (exact) mass is 440 g/mol. The van der Waals surface area contributed by atoms with E-state index >= 15 is 0 Å². The minimum atomic E-state index is -3.87. The van der Waals surface area contributed by atoms with E-state index in [1.807, 2.05) is 34.9 Å². The third-order valence-electron chi connectivity index (χ3n) is 5.09. The van der Waals surface area contributed by atoms with E-state index in [0.717, 1.165) is 5.56 Å². The minimum absolute atomic E-state index is 0.0333. The van der Waals surface area contributed by atoms with Crippen LogP contribution in [0.1, 0.15) is 16.1 Å². The first kappa shape index (κ1) is 20.2. The lowest BCUT2D eigenvalue weighted by Gasteiger charge is -2.29. The molecule has 0 atom stereocenters. The van der Waals surface area contributed by atoms with Gasteiger partial charge in [0.15, 0.2) is 5.69 Å². The molecule has 3 aromatic rings. The molecule has 0 unspecified atom stereocenters. The molecule has 0 fully saturated rings. The summed E-state index contributed by atoms with van der Waals surface area (Å²) >= 11 is 6.55. The molecule has 2 N–H and O–H groups in total. The molecule has 0 spiro atoms. The van der Waals surface area contributed by atoms with Crippen molar-refractivity contribution in [2.75, 3.05) is 6.54 Å². The maximum absolute atomic E-state index is 13.2. The highest BCUT2D eigenvalue weighted by molar-refractivity contribution is 7.89. The highest BCUT2D eigenvalue weighted by Gasteiger charge is 2.34. The van der Waals surface area contributed by atoms with Crippen molar-refractivity contribution in [2.45, 2.75) is 18.0 Å². The van der Waals surface area contributed by atoms with Crippen LogP contribution in [0.25, 0.3) is 16.1 Å². The van der Waals surface area contributed by atoms with Crippen molar-refractivity contribution >= 4 is 33.2 Å². The number of sulfonamides is 1. The van der Waals surface area contributed by atoms with E-state index < -0.39 is 15.9 Å². The Morgan fingerprint density at radius 3 is 2.50 bits per heavy atom. The Labute approximate surface area is 179 Å². The first-order valence-electron chi connectivity index (χ1n) is 9.08. The number of nitrogens with zero attached hydrogens (tertiary/aromatic N) is 3.